The number of piperidine rings is 1. The molecule has 0 aliphatic carbocycles. The number of rotatable bonds is 4. The first-order valence-corrected chi connectivity index (χ1v) is 7.64. The van der Waals surface area contributed by atoms with Crippen molar-refractivity contribution in [2.75, 3.05) is 26.3 Å². The maximum atomic E-state index is 5.63. The molecule has 0 aromatic carbocycles. The fourth-order valence-corrected chi connectivity index (χ4v) is 3.58. The van der Waals surface area contributed by atoms with Crippen LogP contribution in [0.4, 0.5) is 0 Å². The van der Waals surface area contributed by atoms with Crippen LogP contribution in [-0.2, 0) is 11.2 Å². The van der Waals surface area contributed by atoms with Gasteiger partial charge in [0.25, 0.3) is 0 Å². The lowest BCUT2D eigenvalue weighted by molar-refractivity contribution is -0.0355. The highest BCUT2D eigenvalue weighted by Gasteiger charge is 2.33. The molecule has 2 atom stereocenters. The minimum absolute atomic E-state index is 0.792. The molecule has 3 rings (SSSR count). The van der Waals surface area contributed by atoms with E-state index >= 15 is 0 Å². The Kier molecular flexibility index (Phi) is 4.46. The maximum absolute atomic E-state index is 5.63. The largest absolute Gasteiger partial charge is 0.381 e. The van der Waals surface area contributed by atoms with Gasteiger partial charge in [-0.2, -0.15) is 0 Å². The Balaban J connectivity index is 1.49. The molecule has 0 radical (unpaired) electrons. The van der Waals surface area contributed by atoms with Crippen molar-refractivity contribution in [1.29, 1.82) is 0 Å². The summed E-state index contributed by atoms with van der Waals surface area (Å²) in [7, 11) is 0. The zero-order valence-electron chi connectivity index (χ0n) is 11.6. The number of fused-ring (bicyclic) bond motifs is 1. The molecule has 2 fully saturated rings. The van der Waals surface area contributed by atoms with Gasteiger partial charge in [0.15, 0.2) is 0 Å². The summed E-state index contributed by atoms with van der Waals surface area (Å²) in [4.78, 5) is 6.79. The van der Waals surface area contributed by atoms with Gasteiger partial charge in [-0.15, -0.1) is 0 Å². The van der Waals surface area contributed by atoms with Crippen LogP contribution >= 0.6 is 0 Å². The van der Waals surface area contributed by atoms with E-state index < -0.39 is 0 Å². The van der Waals surface area contributed by atoms with E-state index in [1.807, 2.05) is 12.4 Å². The highest BCUT2D eigenvalue weighted by Crippen LogP contribution is 2.29. The molecule has 104 valence electrons. The summed E-state index contributed by atoms with van der Waals surface area (Å²) in [5, 5.41) is 0. The van der Waals surface area contributed by atoms with Gasteiger partial charge in [-0.3, -0.25) is 9.88 Å². The van der Waals surface area contributed by atoms with Gasteiger partial charge >= 0.3 is 0 Å². The van der Waals surface area contributed by atoms with Crippen LogP contribution in [0.3, 0.4) is 0 Å². The quantitative estimate of drug-likeness (QED) is 0.832. The number of pyridine rings is 1. The topological polar surface area (TPSA) is 25.4 Å². The van der Waals surface area contributed by atoms with E-state index in [1.165, 1.54) is 50.8 Å². The number of ether oxygens (including phenoxy) is 1. The lowest BCUT2D eigenvalue weighted by atomic mass is 9.86. The molecular formula is C16H24N2O. The molecule has 0 amide bonds. The smallest absolute Gasteiger partial charge is 0.0509 e. The normalized spacial score (nSPS) is 28.0. The number of hydrogen-bond acceptors (Lipinski definition) is 3. The van der Waals surface area contributed by atoms with Crippen LogP contribution in [0, 0.1) is 5.92 Å². The van der Waals surface area contributed by atoms with Crippen LogP contribution in [0.25, 0.3) is 0 Å². The van der Waals surface area contributed by atoms with Crippen molar-refractivity contribution in [2.45, 2.75) is 38.1 Å². The molecule has 0 N–H and O–H groups in total. The lowest BCUT2D eigenvalue weighted by Gasteiger charge is -2.44. The molecule has 19 heavy (non-hydrogen) atoms. The number of likely N-dealkylation sites (tertiary alicyclic amines) is 1. The van der Waals surface area contributed by atoms with Crippen LogP contribution in [0.5, 0.6) is 0 Å². The van der Waals surface area contributed by atoms with Gasteiger partial charge in [0, 0.05) is 25.0 Å². The number of nitrogens with zero attached hydrogens (tertiary/aromatic N) is 2. The fraction of sp³-hybridized carbons (Fsp3) is 0.688. The van der Waals surface area contributed by atoms with Crippen LogP contribution in [0.2, 0.25) is 0 Å². The predicted octanol–water partition coefficient (Wildman–Crippen LogP) is 2.52. The molecule has 1 aromatic heterocycles. The zero-order valence-corrected chi connectivity index (χ0v) is 11.6. The first-order chi connectivity index (χ1) is 9.43. The summed E-state index contributed by atoms with van der Waals surface area (Å²) in [6.07, 6.45) is 10.2. The van der Waals surface area contributed by atoms with Gasteiger partial charge in [0.05, 0.1) is 6.61 Å². The van der Waals surface area contributed by atoms with Crippen molar-refractivity contribution in [1.82, 2.24) is 9.88 Å². The summed E-state index contributed by atoms with van der Waals surface area (Å²) < 4.78 is 5.63. The Morgan fingerprint density at radius 3 is 3.05 bits per heavy atom. The predicted molar refractivity (Wildman–Crippen MR) is 76.1 cm³/mol. The van der Waals surface area contributed by atoms with Gasteiger partial charge < -0.3 is 4.74 Å². The first-order valence-electron chi connectivity index (χ1n) is 7.64. The van der Waals surface area contributed by atoms with E-state index in [4.69, 9.17) is 4.74 Å². The summed E-state index contributed by atoms with van der Waals surface area (Å²) >= 11 is 0. The SMILES string of the molecule is c1cc(CCCN2CCCC3COCCC32)ccn1. The van der Waals surface area contributed by atoms with Gasteiger partial charge in [-0.25, -0.2) is 0 Å². The third kappa shape index (κ3) is 3.34. The second-order valence-electron chi connectivity index (χ2n) is 5.83. The molecule has 2 aliphatic rings. The molecule has 3 heterocycles. The second kappa shape index (κ2) is 6.49. The summed E-state index contributed by atoms with van der Waals surface area (Å²) in [5.74, 6) is 0.795. The van der Waals surface area contributed by atoms with E-state index in [-0.39, 0.29) is 0 Å². The van der Waals surface area contributed by atoms with E-state index in [2.05, 4.69) is 22.0 Å². The van der Waals surface area contributed by atoms with Gasteiger partial charge in [-0.1, -0.05) is 0 Å². The minimum Gasteiger partial charge on any atom is -0.381 e. The Morgan fingerprint density at radius 2 is 2.16 bits per heavy atom. The molecule has 1 aromatic rings. The maximum Gasteiger partial charge on any atom is 0.0509 e. The molecule has 3 nitrogen and oxygen atoms in total. The third-order valence-corrected chi connectivity index (χ3v) is 4.58. The van der Waals surface area contributed by atoms with Crippen molar-refractivity contribution < 1.29 is 4.74 Å². The molecule has 0 spiro atoms. The Morgan fingerprint density at radius 1 is 1.26 bits per heavy atom. The van der Waals surface area contributed by atoms with Crippen LogP contribution < -0.4 is 0 Å². The lowest BCUT2D eigenvalue weighted by Crippen LogP contribution is -2.49. The van der Waals surface area contributed by atoms with Crippen molar-refractivity contribution in [3.05, 3.63) is 30.1 Å². The zero-order chi connectivity index (χ0) is 12.9. The summed E-state index contributed by atoms with van der Waals surface area (Å²) in [6.45, 7) is 4.48. The molecular weight excluding hydrogens is 236 g/mol. The molecule has 2 aliphatic heterocycles. The molecule has 2 saturated heterocycles. The monoisotopic (exact) mass is 260 g/mol. The Bertz CT molecular complexity index is 380. The van der Waals surface area contributed by atoms with E-state index in [9.17, 15) is 0 Å². The van der Waals surface area contributed by atoms with Gasteiger partial charge in [-0.05, 0) is 68.8 Å². The van der Waals surface area contributed by atoms with Crippen molar-refractivity contribution in [3.8, 4) is 0 Å². The van der Waals surface area contributed by atoms with Gasteiger partial charge in [0.2, 0.25) is 0 Å². The number of aryl methyl sites for hydroxylation is 1. The summed E-state index contributed by atoms with van der Waals surface area (Å²) in [6, 6.07) is 5.06. The Hall–Kier alpha value is -0.930. The Labute approximate surface area is 116 Å². The summed E-state index contributed by atoms with van der Waals surface area (Å²) in [5.41, 5.74) is 1.41. The molecule has 0 saturated carbocycles. The van der Waals surface area contributed by atoms with Crippen molar-refractivity contribution >= 4 is 0 Å². The van der Waals surface area contributed by atoms with Crippen molar-refractivity contribution in [3.63, 3.8) is 0 Å². The number of hydrogen-bond donors (Lipinski definition) is 0. The molecule has 3 heteroatoms. The highest BCUT2D eigenvalue weighted by molar-refractivity contribution is 5.09. The third-order valence-electron chi connectivity index (χ3n) is 4.58. The fourth-order valence-electron chi connectivity index (χ4n) is 3.58. The van der Waals surface area contributed by atoms with E-state index in [0.717, 1.165) is 25.2 Å². The van der Waals surface area contributed by atoms with E-state index in [1.54, 1.807) is 0 Å². The standard InChI is InChI=1S/C16H24N2O/c1(3-14-5-8-17-9-6-14)10-18-11-2-4-15-13-19-12-7-16(15)18/h5-6,8-9,15-16H,1-4,7,10-13H2. The average Bonchev–Trinajstić information content (AvgIpc) is 2.49. The molecule has 2 unspecified atom stereocenters. The van der Waals surface area contributed by atoms with Crippen molar-refractivity contribution in [2.24, 2.45) is 5.92 Å². The van der Waals surface area contributed by atoms with E-state index in [0.29, 0.717) is 0 Å². The second-order valence-corrected chi connectivity index (χ2v) is 5.83. The average molecular weight is 260 g/mol. The van der Waals surface area contributed by atoms with Gasteiger partial charge in [0.1, 0.15) is 0 Å². The first kappa shape index (κ1) is 13.1. The van der Waals surface area contributed by atoms with Crippen LogP contribution in [-0.4, -0.2) is 42.2 Å². The highest BCUT2D eigenvalue weighted by atomic mass is 16.5. The van der Waals surface area contributed by atoms with Crippen LogP contribution in [0.15, 0.2) is 24.5 Å². The minimum atomic E-state index is 0.792. The number of aromatic nitrogens is 1. The molecule has 0 bridgehead atoms. The van der Waals surface area contributed by atoms with Crippen LogP contribution in [0.1, 0.15) is 31.2 Å².